The van der Waals surface area contributed by atoms with Gasteiger partial charge in [-0.2, -0.15) is 0 Å². The highest BCUT2D eigenvalue weighted by Crippen LogP contribution is 2.28. The predicted octanol–water partition coefficient (Wildman–Crippen LogP) is 3.19. The monoisotopic (exact) mass is 284 g/mol. The Bertz CT molecular complexity index is 433. The van der Waals surface area contributed by atoms with Crippen molar-refractivity contribution in [2.75, 3.05) is 5.32 Å². The Labute approximate surface area is 119 Å². The van der Waals surface area contributed by atoms with Crippen LogP contribution < -0.4 is 15.8 Å². The molecule has 1 unspecified atom stereocenters. The smallest absolute Gasteiger partial charge is 0.224 e. The van der Waals surface area contributed by atoms with E-state index in [0.717, 1.165) is 0 Å². The van der Waals surface area contributed by atoms with Gasteiger partial charge in [-0.15, -0.1) is 0 Å². The Kier molecular flexibility index (Phi) is 6.12. The van der Waals surface area contributed by atoms with Crippen molar-refractivity contribution >= 4 is 23.2 Å². The average molecular weight is 285 g/mol. The number of nitrogens with two attached hydrogens (primary N) is 1. The minimum atomic E-state index is -0.0640. The fourth-order valence-corrected chi connectivity index (χ4v) is 1.74. The molecule has 5 heteroatoms. The van der Waals surface area contributed by atoms with E-state index in [1.54, 1.807) is 18.2 Å². The molecule has 0 heterocycles. The first kappa shape index (κ1) is 15.8. The third kappa shape index (κ3) is 5.94. The van der Waals surface area contributed by atoms with Crippen LogP contribution in [0, 0.1) is 0 Å². The number of ether oxygens (including phenoxy) is 1. The van der Waals surface area contributed by atoms with Gasteiger partial charge in [0.2, 0.25) is 5.91 Å². The zero-order chi connectivity index (χ0) is 14.4. The number of benzene rings is 1. The molecule has 0 spiro atoms. The summed E-state index contributed by atoms with van der Waals surface area (Å²) in [5.41, 5.74) is 6.27. The Morgan fingerprint density at radius 1 is 1.42 bits per heavy atom. The number of hydrogen-bond acceptors (Lipinski definition) is 3. The van der Waals surface area contributed by atoms with Gasteiger partial charge < -0.3 is 15.8 Å². The SMILES string of the molecule is CC(N)CCC(=O)Nc1ccc(OC(C)C)c(Cl)c1. The maximum atomic E-state index is 11.6. The van der Waals surface area contributed by atoms with E-state index in [-0.39, 0.29) is 18.1 Å². The van der Waals surface area contributed by atoms with Crippen molar-refractivity contribution in [3.63, 3.8) is 0 Å². The molecule has 19 heavy (non-hydrogen) atoms. The van der Waals surface area contributed by atoms with Crippen LogP contribution in [-0.4, -0.2) is 18.1 Å². The molecule has 1 aromatic rings. The molecule has 3 N–H and O–H groups in total. The van der Waals surface area contributed by atoms with Crippen LogP contribution in [0.15, 0.2) is 18.2 Å². The first-order valence-electron chi connectivity index (χ1n) is 6.40. The fraction of sp³-hybridized carbons (Fsp3) is 0.500. The molecule has 0 radical (unpaired) electrons. The van der Waals surface area contributed by atoms with Crippen LogP contribution in [0.2, 0.25) is 5.02 Å². The largest absolute Gasteiger partial charge is 0.489 e. The lowest BCUT2D eigenvalue weighted by Crippen LogP contribution is -2.19. The van der Waals surface area contributed by atoms with E-state index in [2.05, 4.69) is 5.32 Å². The van der Waals surface area contributed by atoms with Gasteiger partial charge in [-0.25, -0.2) is 0 Å². The van der Waals surface area contributed by atoms with E-state index in [0.29, 0.717) is 29.3 Å². The van der Waals surface area contributed by atoms with Crippen molar-refractivity contribution in [2.24, 2.45) is 5.73 Å². The molecule has 0 aliphatic carbocycles. The summed E-state index contributed by atoms with van der Waals surface area (Å²) in [5.74, 6) is 0.552. The molecule has 1 aromatic carbocycles. The van der Waals surface area contributed by atoms with Crippen molar-refractivity contribution in [1.82, 2.24) is 0 Å². The van der Waals surface area contributed by atoms with Crippen molar-refractivity contribution in [3.05, 3.63) is 23.2 Å². The molecule has 0 aromatic heterocycles. The highest BCUT2D eigenvalue weighted by molar-refractivity contribution is 6.32. The lowest BCUT2D eigenvalue weighted by atomic mass is 10.2. The number of amides is 1. The van der Waals surface area contributed by atoms with Gasteiger partial charge in [0.05, 0.1) is 11.1 Å². The first-order chi connectivity index (χ1) is 8.88. The quantitative estimate of drug-likeness (QED) is 0.843. The Morgan fingerprint density at radius 2 is 2.11 bits per heavy atom. The van der Waals surface area contributed by atoms with Crippen LogP contribution in [0.1, 0.15) is 33.6 Å². The van der Waals surface area contributed by atoms with E-state index in [4.69, 9.17) is 22.1 Å². The second-order valence-corrected chi connectivity index (χ2v) is 5.28. The lowest BCUT2D eigenvalue weighted by molar-refractivity contribution is -0.116. The van der Waals surface area contributed by atoms with Crippen LogP contribution in [0.3, 0.4) is 0 Å². The summed E-state index contributed by atoms with van der Waals surface area (Å²) in [5, 5.41) is 3.27. The molecule has 0 bridgehead atoms. The molecule has 1 rings (SSSR count). The number of halogens is 1. The molecule has 106 valence electrons. The second-order valence-electron chi connectivity index (χ2n) is 4.88. The van der Waals surface area contributed by atoms with E-state index in [1.165, 1.54) is 0 Å². The number of hydrogen-bond donors (Lipinski definition) is 2. The zero-order valence-corrected chi connectivity index (χ0v) is 12.3. The molecule has 0 saturated heterocycles. The Balaban J connectivity index is 2.60. The third-order valence-corrected chi connectivity index (χ3v) is 2.70. The van der Waals surface area contributed by atoms with Crippen molar-refractivity contribution in [3.8, 4) is 5.75 Å². The summed E-state index contributed by atoms with van der Waals surface area (Å²) in [6.45, 7) is 5.74. The third-order valence-electron chi connectivity index (χ3n) is 2.41. The number of rotatable bonds is 6. The van der Waals surface area contributed by atoms with Gasteiger partial charge in [-0.3, -0.25) is 4.79 Å². The Morgan fingerprint density at radius 3 is 2.63 bits per heavy atom. The summed E-state index contributed by atoms with van der Waals surface area (Å²) in [7, 11) is 0. The summed E-state index contributed by atoms with van der Waals surface area (Å²) in [4.78, 5) is 11.6. The second kappa shape index (κ2) is 7.36. The average Bonchev–Trinajstić information content (AvgIpc) is 2.29. The van der Waals surface area contributed by atoms with E-state index in [9.17, 15) is 4.79 Å². The molecule has 0 aliphatic heterocycles. The molecule has 0 fully saturated rings. The molecule has 0 saturated carbocycles. The minimum absolute atomic E-state index is 0.0242. The number of nitrogens with one attached hydrogen (secondary N) is 1. The van der Waals surface area contributed by atoms with E-state index < -0.39 is 0 Å². The van der Waals surface area contributed by atoms with Crippen LogP contribution in [0.5, 0.6) is 5.75 Å². The first-order valence-corrected chi connectivity index (χ1v) is 6.78. The summed E-state index contributed by atoms with van der Waals surface area (Å²) >= 11 is 6.09. The molecule has 0 aliphatic rings. The van der Waals surface area contributed by atoms with E-state index >= 15 is 0 Å². The summed E-state index contributed by atoms with van der Waals surface area (Å²) < 4.78 is 5.52. The van der Waals surface area contributed by atoms with Gasteiger partial charge in [-0.1, -0.05) is 11.6 Å². The predicted molar refractivity (Wildman–Crippen MR) is 78.7 cm³/mol. The summed E-state index contributed by atoms with van der Waals surface area (Å²) in [6.07, 6.45) is 1.12. The van der Waals surface area contributed by atoms with Gasteiger partial charge in [0.15, 0.2) is 0 Å². The number of carbonyl (C=O) groups excluding carboxylic acids is 1. The standard InChI is InChI=1S/C14H21ClN2O2/c1-9(2)19-13-6-5-11(8-12(13)15)17-14(18)7-4-10(3)16/h5-6,8-10H,4,7,16H2,1-3H3,(H,17,18). The van der Waals surface area contributed by atoms with Crippen LogP contribution in [-0.2, 0) is 4.79 Å². The normalized spacial score (nSPS) is 12.3. The number of anilines is 1. The summed E-state index contributed by atoms with van der Waals surface area (Å²) in [6, 6.07) is 5.23. The van der Waals surface area contributed by atoms with E-state index in [1.807, 2.05) is 20.8 Å². The topological polar surface area (TPSA) is 64.4 Å². The van der Waals surface area contributed by atoms with Gasteiger partial charge in [0.25, 0.3) is 0 Å². The van der Waals surface area contributed by atoms with Crippen LogP contribution in [0.25, 0.3) is 0 Å². The van der Waals surface area contributed by atoms with Gasteiger partial charge in [0, 0.05) is 18.2 Å². The fourth-order valence-electron chi connectivity index (χ4n) is 1.51. The molecule has 1 amide bonds. The highest BCUT2D eigenvalue weighted by atomic mass is 35.5. The van der Waals surface area contributed by atoms with Gasteiger partial charge >= 0.3 is 0 Å². The Hall–Kier alpha value is -1.26. The lowest BCUT2D eigenvalue weighted by Gasteiger charge is -2.13. The maximum Gasteiger partial charge on any atom is 0.224 e. The van der Waals surface area contributed by atoms with Crippen LogP contribution >= 0.6 is 11.6 Å². The minimum Gasteiger partial charge on any atom is -0.489 e. The highest BCUT2D eigenvalue weighted by Gasteiger charge is 2.08. The maximum absolute atomic E-state index is 11.6. The zero-order valence-electron chi connectivity index (χ0n) is 11.6. The molecular formula is C14H21ClN2O2. The van der Waals surface area contributed by atoms with Crippen molar-refractivity contribution < 1.29 is 9.53 Å². The molecule has 1 atom stereocenters. The molecular weight excluding hydrogens is 264 g/mol. The van der Waals surface area contributed by atoms with Gasteiger partial charge in [0.1, 0.15) is 5.75 Å². The number of carbonyl (C=O) groups is 1. The van der Waals surface area contributed by atoms with Crippen molar-refractivity contribution in [2.45, 2.75) is 45.8 Å². The molecule has 4 nitrogen and oxygen atoms in total. The van der Waals surface area contributed by atoms with Crippen LogP contribution in [0.4, 0.5) is 5.69 Å². The van der Waals surface area contributed by atoms with Crippen molar-refractivity contribution in [1.29, 1.82) is 0 Å². The van der Waals surface area contributed by atoms with Gasteiger partial charge in [-0.05, 0) is 45.4 Å².